The van der Waals surface area contributed by atoms with Crippen LogP contribution in [0.15, 0.2) is 42.5 Å². The zero-order chi connectivity index (χ0) is 26.4. The lowest BCUT2D eigenvalue weighted by Crippen LogP contribution is -2.45. The number of ether oxygens (including phenoxy) is 1. The van der Waals surface area contributed by atoms with Crippen molar-refractivity contribution < 1.29 is 50.2 Å². The van der Waals surface area contributed by atoms with E-state index >= 15 is 0 Å². The Hall–Kier alpha value is -3.15. The summed E-state index contributed by atoms with van der Waals surface area (Å²) in [6.07, 6.45) is -11.1. The molecule has 2 saturated heterocycles. The Balaban J connectivity index is 1.65. The summed E-state index contributed by atoms with van der Waals surface area (Å²) in [5, 5.41) is 9.44. The summed E-state index contributed by atoms with van der Waals surface area (Å²) in [7, 11) is 0. The first kappa shape index (κ1) is 25.9. The van der Waals surface area contributed by atoms with Crippen LogP contribution >= 0.6 is 0 Å². The van der Waals surface area contributed by atoms with Crippen LogP contribution in [0.1, 0.15) is 41.0 Å². The van der Waals surface area contributed by atoms with E-state index in [9.17, 15) is 45.4 Å². The fraction of sp³-hybridized carbons (Fsp3) is 0.417. The number of nitrogens with zero attached hydrogens (tertiary/aromatic N) is 1. The average molecular weight is 519 g/mol. The fourth-order valence-electron chi connectivity index (χ4n) is 4.92. The highest BCUT2D eigenvalue weighted by Gasteiger charge is 2.50. The van der Waals surface area contributed by atoms with Crippen molar-refractivity contribution in [2.75, 3.05) is 6.54 Å². The van der Waals surface area contributed by atoms with Gasteiger partial charge in [-0.3, -0.25) is 9.59 Å². The van der Waals surface area contributed by atoms with Crippen LogP contribution in [-0.4, -0.2) is 40.6 Å². The predicted molar refractivity (Wildman–Crippen MR) is 110 cm³/mol. The average Bonchev–Trinajstić information content (AvgIpc) is 3.16. The zero-order valence-electron chi connectivity index (χ0n) is 18.4. The SMILES string of the molecule is O=C(O)C1CC(=O)N2CC(OCc3cc(C(F)(F)F)cc(C(F)(F)F)c3)C(c3ccc(F)cc3)C2C1. The molecule has 1 N–H and O–H groups in total. The third-order valence-electron chi connectivity index (χ3n) is 6.58. The number of benzene rings is 2. The molecule has 0 aromatic heterocycles. The van der Waals surface area contributed by atoms with Crippen LogP contribution in [0.5, 0.6) is 0 Å². The molecule has 2 aliphatic heterocycles. The Bertz CT molecular complexity index is 1110. The minimum absolute atomic E-state index is 0.0192. The van der Waals surface area contributed by atoms with E-state index in [4.69, 9.17) is 4.74 Å². The van der Waals surface area contributed by atoms with Gasteiger partial charge in [0.2, 0.25) is 5.91 Å². The van der Waals surface area contributed by atoms with E-state index in [1.807, 2.05) is 0 Å². The van der Waals surface area contributed by atoms with Crippen molar-refractivity contribution in [3.05, 3.63) is 70.5 Å². The summed E-state index contributed by atoms with van der Waals surface area (Å²) in [4.78, 5) is 25.6. The van der Waals surface area contributed by atoms with Crippen LogP contribution in [0.25, 0.3) is 0 Å². The lowest BCUT2D eigenvalue weighted by atomic mass is 9.82. The molecule has 0 aliphatic carbocycles. The van der Waals surface area contributed by atoms with E-state index in [0.717, 1.165) is 12.1 Å². The summed E-state index contributed by atoms with van der Waals surface area (Å²) in [6, 6.07) is 5.70. The van der Waals surface area contributed by atoms with Gasteiger partial charge in [-0.25, -0.2) is 4.39 Å². The Kier molecular flexibility index (Phi) is 6.76. The quantitative estimate of drug-likeness (QED) is 0.549. The molecule has 36 heavy (non-hydrogen) atoms. The lowest BCUT2D eigenvalue weighted by Gasteiger charge is -2.35. The number of carboxylic acids is 1. The van der Waals surface area contributed by atoms with Gasteiger partial charge >= 0.3 is 18.3 Å². The molecule has 2 fully saturated rings. The number of carboxylic acid groups (broad SMARTS) is 1. The summed E-state index contributed by atoms with van der Waals surface area (Å²) in [6.45, 7) is -0.657. The zero-order valence-corrected chi connectivity index (χ0v) is 18.4. The van der Waals surface area contributed by atoms with Gasteiger partial charge in [0.05, 0.1) is 29.8 Å². The number of hydrogen-bond donors (Lipinski definition) is 1. The van der Waals surface area contributed by atoms with Gasteiger partial charge in [-0.05, 0) is 47.9 Å². The first-order chi connectivity index (χ1) is 16.7. The van der Waals surface area contributed by atoms with E-state index in [2.05, 4.69) is 0 Å². The number of carbonyl (C=O) groups is 2. The molecule has 12 heteroatoms. The predicted octanol–water partition coefficient (Wildman–Crippen LogP) is 5.24. The Morgan fingerprint density at radius 1 is 1.00 bits per heavy atom. The van der Waals surface area contributed by atoms with Gasteiger partial charge in [0.1, 0.15) is 5.82 Å². The van der Waals surface area contributed by atoms with Crippen LogP contribution in [-0.2, 0) is 33.3 Å². The first-order valence-electron chi connectivity index (χ1n) is 10.9. The Morgan fingerprint density at radius 3 is 2.11 bits per heavy atom. The first-order valence-corrected chi connectivity index (χ1v) is 10.9. The van der Waals surface area contributed by atoms with Gasteiger partial charge < -0.3 is 14.7 Å². The number of carbonyl (C=O) groups excluding carboxylic acids is 1. The van der Waals surface area contributed by atoms with Crippen molar-refractivity contribution in [2.24, 2.45) is 5.92 Å². The van der Waals surface area contributed by atoms with Gasteiger partial charge in [0.15, 0.2) is 0 Å². The minimum Gasteiger partial charge on any atom is -0.481 e. The van der Waals surface area contributed by atoms with Crippen molar-refractivity contribution in [2.45, 2.75) is 49.9 Å². The molecule has 2 aliphatic rings. The molecule has 4 rings (SSSR count). The number of rotatable bonds is 5. The summed E-state index contributed by atoms with van der Waals surface area (Å²) in [5.74, 6) is -3.77. The maximum atomic E-state index is 13.5. The third-order valence-corrected chi connectivity index (χ3v) is 6.58. The van der Waals surface area contributed by atoms with Crippen LogP contribution in [0.2, 0.25) is 0 Å². The molecule has 2 aromatic rings. The molecule has 0 spiro atoms. The van der Waals surface area contributed by atoms with Gasteiger partial charge in [0, 0.05) is 24.9 Å². The molecule has 1 amide bonds. The van der Waals surface area contributed by atoms with Crippen molar-refractivity contribution in [1.29, 1.82) is 0 Å². The van der Waals surface area contributed by atoms with Gasteiger partial charge in [-0.2, -0.15) is 26.3 Å². The van der Waals surface area contributed by atoms with Crippen LogP contribution in [0.4, 0.5) is 30.7 Å². The topological polar surface area (TPSA) is 66.8 Å². The number of fused-ring (bicyclic) bond motifs is 1. The van der Waals surface area contributed by atoms with Crippen molar-refractivity contribution in [3.8, 4) is 0 Å². The Morgan fingerprint density at radius 2 is 1.58 bits per heavy atom. The van der Waals surface area contributed by atoms with Crippen molar-refractivity contribution >= 4 is 11.9 Å². The van der Waals surface area contributed by atoms with Gasteiger partial charge in [-0.15, -0.1) is 0 Å². The number of halogens is 7. The van der Waals surface area contributed by atoms with E-state index in [1.165, 1.54) is 17.0 Å². The molecule has 2 aromatic carbocycles. The molecule has 0 saturated carbocycles. The van der Waals surface area contributed by atoms with Crippen LogP contribution in [0.3, 0.4) is 0 Å². The summed E-state index contributed by atoms with van der Waals surface area (Å²) in [5.41, 5.74) is -2.81. The van der Waals surface area contributed by atoms with Gasteiger partial charge in [-0.1, -0.05) is 12.1 Å². The highest BCUT2D eigenvalue weighted by atomic mass is 19.4. The minimum atomic E-state index is -5.01. The molecule has 0 bridgehead atoms. The Labute approximate surface area is 200 Å². The number of piperidine rings is 1. The maximum absolute atomic E-state index is 13.5. The molecule has 0 radical (unpaired) electrons. The second-order valence-electron chi connectivity index (χ2n) is 8.93. The van der Waals surface area contributed by atoms with Gasteiger partial charge in [0.25, 0.3) is 0 Å². The van der Waals surface area contributed by atoms with Crippen molar-refractivity contribution in [1.82, 2.24) is 4.90 Å². The standard InChI is InChI=1S/C24H20F7NO4/c25-17-3-1-13(2-4-17)21-18-7-14(22(34)35)8-20(33)32(18)10-19(21)36-11-12-5-15(23(26,27)28)9-16(6-12)24(29,30)31/h1-6,9,14,18-19,21H,7-8,10-11H2,(H,34,35). The highest BCUT2D eigenvalue weighted by molar-refractivity contribution is 5.84. The van der Waals surface area contributed by atoms with E-state index < -0.39 is 71.8 Å². The molecular weight excluding hydrogens is 499 g/mol. The smallest absolute Gasteiger partial charge is 0.416 e. The van der Waals surface area contributed by atoms with E-state index in [1.54, 1.807) is 0 Å². The number of alkyl halides is 6. The molecule has 5 nitrogen and oxygen atoms in total. The lowest BCUT2D eigenvalue weighted by molar-refractivity contribution is -0.150. The third kappa shape index (κ3) is 5.32. The largest absolute Gasteiger partial charge is 0.481 e. The van der Waals surface area contributed by atoms with Crippen LogP contribution < -0.4 is 0 Å². The normalized spacial score (nSPS) is 24.6. The highest BCUT2D eigenvalue weighted by Crippen LogP contribution is 2.43. The van der Waals surface area contributed by atoms with Crippen LogP contribution in [0, 0.1) is 11.7 Å². The monoisotopic (exact) mass is 519 g/mol. The molecule has 4 unspecified atom stereocenters. The summed E-state index contributed by atoms with van der Waals surface area (Å²) < 4.78 is 98.6. The molecular formula is C24H20F7NO4. The van der Waals surface area contributed by atoms with E-state index in [-0.39, 0.29) is 31.0 Å². The summed E-state index contributed by atoms with van der Waals surface area (Å²) >= 11 is 0. The number of amides is 1. The van der Waals surface area contributed by atoms with Crippen molar-refractivity contribution in [3.63, 3.8) is 0 Å². The second kappa shape index (κ2) is 9.38. The second-order valence-corrected chi connectivity index (χ2v) is 8.93. The maximum Gasteiger partial charge on any atom is 0.416 e. The number of aliphatic carboxylic acids is 1. The fourth-order valence-corrected chi connectivity index (χ4v) is 4.92. The number of hydrogen-bond acceptors (Lipinski definition) is 3. The molecule has 4 atom stereocenters. The molecule has 194 valence electrons. The molecule has 2 heterocycles. The van der Waals surface area contributed by atoms with E-state index in [0.29, 0.717) is 17.7 Å².